The van der Waals surface area contributed by atoms with Crippen LogP contribution in [0.15, 0.2) is 48.0 Å². The van der Waals surface area contributed by atoms with Crippen molar-refractivity contribution in [3.63, 3.8) is 0 Å². The minimum absolute atomic E-state index is 0.219. The highest BCUT2D eigenvalue weighted by Gasteiger charge is 2.17. The number of nitrogens with one attached hydrogen (secondary N) is 1. The van der Waals surface area contributed by atoms with E-state index in [1.165, 1.54) is 4.88 Å². The molecule has 2 aromatic heterocycles. The number of fused-ring (bicyclic) bond motifs is 1. The summed E-state index contributed by atoms with van der Waals surface area (Å²) in [6.45, 7) is 1.82. The van der Waals surface area contributed by atoms with Crippen molar-refractivity contribution < 1.29 is 14.3 Å². The van der Waals surface area contributed by atoms with Crippen LogP contribution in [-0.2, 0) is 6.54 Å². The van der Waals surface area contributed by atoms with E-state index in [1.54, 1.807) is 29.5 Å². The SMILES string of the molecule is O=C(Nc1cc2c(cc1Cl)OCCCO2)c1cccn1Cc1cccs1. The number of thiophene rings is 1. The molecule has 7 heteroatoms. The van der Waals surface area contributed by atoms with Gasteiger partial charge in [-0.1, -0.05) is 17.7 Å². The Morgan fingerprint density at radius 3 is 2.77 bits per heavy atom. The third-order valence-electron chi connectivity index (χ3n) is 4.05. The van der Waals surface area contributed by atoms with Gasteiger partial charge in [0.15, 0.2) is 11.5 Å². The Labute approximate surface area is 160 Å². The normalized spacial score (nSPS) is 13.3. The molecular formula is C19H17ClN2O3S. The van der Waals surface area contributed by atoms with Crippen LogP contribution in [0.1, 0.15) is 21.8 Å². The van der Waals surface area contributed by atoms with E-state index in [1.807, 2.05) is 34.3 Å². The Morgan fingerprint density at radius 2 is 2.00 bits per heavy atom. The van der Waals surface area contributed by atoms with Gasteiger partial charge in [-0.05, 0) is 23.6 Å². The van der Waals surface area contributed by atoms with Crippen molar-refractivity contribution in [3.8, 4) is 11.5 Å². The summed E-state index contributed by atoms with van der Waals surface area (Å²) in [5.74, 6) is 0.977. The van der Waals surface area contributed by atoms with Gasteiger partial charge in [0.1, 0.15) is 5.69 Å². The van der Waals surface area contributed by atoms with Crippen LogP contribution in [0, 0.1) is 0 Å². The van der Waals surface area contributed by atoms with Crippen LogP contribution in [0.25, 0.3) is 0 Å². The standard InChI is InChI=1S/C19H17ClN2O3S/c20-14-10-17-18(25-8-3-7-24-17)11-15(14)21-19(23)16-5-1-6-22(16)12-13-4-2-9-26-13/h1-2,4-6,9-11H,3,7-8,12H2,(H,21,23). The molecule has 0 atom stereocenters. The Hall–Kier alpha value is -2.44. The van der Waals surface area contributed by atoms with Crippen LogP contribution >= 0.6 is 22.9 Å². The molecule has 134 valence electrons. The van der Waals surface area contributed by atoms with Gasteiger partial charge < -0.3 is 19.4 Å². The molecule has 0 fully saturated rings. The minimum atomic E-state index is -0.219. The van der Waals surface area contributed by atoms with Crippen LogP contribution in [-0.4, -0.2) is 23.7 Å². The molecular weight excluding hydrogens is 372 g/mol. The maximum Gasteiger partial charge on any atom is 0.272 e. The van der Waals surface area contributed by atoms with Crippen molar-refractivity contribution in [2.75, 3.05) is 18.5 Å². The zero-order chi connectivity index (χ0) is 17.9. The van der Waals surface area contributed by atoms with Gasteiger partial charge in [0.25, 0.3) is 5.91 Å². The average Bonchev–Trinajstić information content (AvgIpc) is 3.25. The molecule has 0 saturated carbocycles. The highest BCUT2D eigenvalue weighted by Crippen LogP contribution is 2.37. The number of benzene rings is 1. The van der Waals surface area contributed by atoms with E-state index < -0.39 is 0 Å². The van der Waals surface area contributed by atoms with Crippen LogP contribution in [0.3, 0.4) is 0 Å². The number of carbonyl (C=O) groups is 1. The third kappa shape index (κ3) is 3.57. The van der Waals surface area contributed by atoms with Crippen molar-refractivity contribution in [1.29, 1.82) is 0 Å². The van der Waals surface area contributed by atoms with Crippen LogP contribution in [0.4, 0.5) is 5.69 Å². The lowest BCUT2D eigenvalue weighted by atomic mass is 10.2. The van der Waals surface area contributed by atoms with Gasteiger partial charge >= 0.3 is 0 Å². The van der Waals surface area contributed by atoms with E-state index in [0.717, 1.165) is 6.42 Å². The second-order valence-electron chi connectivity index (χ2n) is 5.88. The predicted octanol–water partition coefficient (Wildman–Crippen LogP) is 4.66. The molecule has 0 spiro atoms. The molecule has 1 aliphatic heterocycles. The van der Waals surface area contributed by atoms with Gasteiger partial charge in [0.05, 0.1) is 30.5 Å². The highest BCUT2D eigenvalue weighted by atomic mass is 35.5. The van der Waals surface area contributed by atoms with Gasteiger partial charge in [0, 0.05) is 29.6 Å². The lowest BCUT2D eigenvalue weighted by Gasteiger charge is -2.13. The van der Waals surface area contributed by atoms with Gasteiger partial charge in [-0.15, -0.1) is 11.3 Å². The van der Waals surface area contributed by atoms with Crippen molar-refractivity contribution in [2.45, 2.75) is 13.0 Å². The molecule has 26 heavy (non-hydrogen) atoms. The number of halogens is 1. The number of carbonyl (C=O) groups excluding carboxylic acids is 1. The largest absolute Gasteiger partial charge is 0.490 e. The number of nitrogens with zero attached hydrogens (tertiary/aromatic N) is 1. The van der Waals surface area contributed by atoms with E-state index >= 15 is 0 Å². The first-order chi connectivity index (χ1) is 12.7. The highest BCUT2D eigenvalue weighted by molar-refractivity contribution is 7.09. The monoisotopic (exact) mass is 388 g/mol. The number of ether oxygens (including phenoxy) is 2. The first-order valence-corrected chi connectivity index (χ1v) is 9.54. The van der Waals surface area contributed by atoms with Gasteiger partial charge in [0.2, 0.25) is 0 Å². The number of hydrogen-bond acceptors (Lipinski definition) is 4. The molecule has 0 bridgehead atoms. The van der Waals surface area contributed by atoms with E-state index in [9.17, 15) is 4.79 Å². The summed E-state index contributed by atoms with van der Waals surface area (Å²) in [5.41, 5.74) is 1.08. The summed E-state index contributed by atoms with van der Waals surface area (Å²) in [6.07, 6.45) is 2.70. The first-order valence-electron chi connectivity index (χ1n) is 8.29. The Morgan fingerprint density at radius 1 is 1.19 bits per heavy atom. The van der Waals surface area contributed by atoms with E-state index in [-0.39, 0.29) is 5.91 Å². The zero-order valence-corrected chi connectivity index (χ0v) is 15.5. The second-order valence-corrected chi connectivity index (χ2v) is 7.32. The molecule has 5 nitrogen and oxygen atoms in total. The molecule has 3 aromatic rings. The van der Waals surface area contributed by atoms with Crippen LogP contribution in [0.2, 0.25) is 5.02 Å². The van der Waals surface area contributed by atoms with Crippen molar-refractivity contribution in [2.24, 2.45) is 0 Å². The van der Waals surface area contributed by atoms with E-state index in [2.05, 4.69) is 5.32 Å². The fourth-order valence-corrected chi connectivity index (χ4v) is 3.70. The second kappa shape index (κ2) is 7.43. The third-order valence-corrected chi connectivity index (χ3v) is 5.23. The lowest BCUT2D eigenvalue weighted by molar-refractivity contribution is 0.101. The average molecular weight is 389 g/mol. The van der Waals surface area contributed by atoms with Crippen molar-refractivity contribution >= 4 is 34.5 Å². The molecule has 1 aromatic carbocycles. The lowest BCUT2D eigenvalue weighted by Crippen LogP contribution is -2.17. The molecule has 0 aliphatic carbocycles. The van der Waals surface area contributed by atoms with Crippen molar-refractivity contribution in [3.05, 3.63) is 63.6 Å². The fourth-order valence-electron chi connectivity index (χ4n) is 2.79. The molecule has 1 N–H and O–H groups in total. The van der Waals surface area contributed by atoms with Crippen LogP contribution in [0.5, 0.6) is 11.5 Å². The number of amides is 1. The molecule has 0 radical (unpaired) electrons. The van der Waals surface area contributed by atoms with Gasteiger partial charge in [-0.3, -0.25) is 4.79 Å². The molecule has 3 heterocycles. The summed E-state index contributed by atoms with van der Waals surface area (Å²) >= 11 is 7.98. The van der Waals surface area contributed by atoms with E-state index in [4.69, 9.17) is 21.1 Å². The minimum Gasteiger partial charge on any atom is -0.490 e. The molecule has 1 amide bonds. The fraction of sp³-hybridized carbons (Fsp3) is 0.211. The Kier molecular flexibility index (Phi) is 4.86. The number of aromatic nitrogens is 1. The summed E-state index contributed by atoms with van der Waals surface area (Å²) in [6, 6.07) is 11.1. The maximum atomic E-state index is 12.8. The maximum absolute atomic E-state index is 12.8. The number of hydrogen-bond donors (Lipinski definition) is 1. The summed E-state index contributed by atoms with van der Waals surface area (Å²) < 4.78 is 13.2. The molecule has 4 rings (SSSR count). The molecule has 0 saturated heterocycles. The van der Waals surface area contributed by atoms with Gasteiger partial charge in [-0.25, -0.2) is 0 Å². The smallest absolute Gasteiger partial charge is 0.272 e. The predicted molar refractivity (Wildman–Crippen MR) is 103 cm³/mol. The van der Waals surface area contributed by atoms with Gasteiger partial charge in [-0.2, -0.15) is 0 Å². The molecule has 1 aliphatic rings. The van der Waals surface area contributed by atoms with Crippen molar-refractivity contribution in [1.82, 2.24) is 4.57 Å². The Bertz CT molecular complexity index is 921. The first kappa shape index (κ1) is 17.0. The van der Waals surface area contributed by atoms with Crippen LogP contribution < -0.4 is 14.8 Å². The quantitative estimate of drug-likeness (QED) is 0.706. The zero-order valence-electron chi connectivity index (χ0n) is 13.9. The summed E-state index contributed by atoms with van der Waals surface area (Å²) in [7, 11) is 0. The topological polar surface area (TPSA) is 52.5 Å². The number of anilines is 1. The molecule has 0 unspecified atom stereocenters. The van der Waals surface area contributed by atoms with E-state index in [0.29, 0.717) is 47.7 Å². The summed E-state index contributed by atoms with van der Waals surface area (Å²) in [4.78, 5) is 13.9. The summed E-state index contributed by atoms with van der Waals surface area (Å²) in [5, 5.41) is 5.32. The Balaban J connectivity index is 1.55. The number of rotatable bonds is 4.